The van der Waals surface area contributed by atoms with E-state index in [0.29, 0.717) is 5.69 Å². The predicted molar refractivity (Wildman–Crippen MR) is 79.4 cm³/mol. The molecule has 0 spiro atoms. The zero-order valence-electron chi connectivity index (χ0n) is 10.1. The van der Waals surface area contributed by atoms with E-state index < -0.39 is 0 Å². The van der Waals surface area contributed by atoms with Gasteiger partial charge in [0.2, 0.25) is 11.8 Å². The van der Waals surface area contributed by atoms with Gasteiger partial charge in [-0.3, -0.25) is 14.5 Å². The fourth-order valence-corrected chi connectivity index (χ4v) is 4.11. The third-order valence-electron chi connectivity index (χ3n) is 4.56. The number of anilines is 1. The van der Waals surface area contributed by atoms with Crippen molar-refractivity contribution in [3.05, 3.63) is 40.0 Å². The Balaban J connectivity index is 1.74. The number of benzene rings is 1. The summed E-state index contributed by atoms with van der Waals surface area (Å²) in [6, 6.07) is 7.57. The number of rotatable bonds is 1. The molecule has 1 aliphatic heterocycles. The summed E-state index contributed by atoms with van der Waals surface area (Å²) in [5.41, 5.74) is 0.712. The number of fused-ring (bicyclic) bond motifs is 5. The van der Waals surface area contributed by atoms with Crippen LogP contribution in [0.4, 0.5) is 5.69 Å². The van der Waals surface area contributed by atoms with Gasteiger partial charge in [-0.1, -0.05) is 12.2 Å². The number of nitrogens with zero attached hydrogens (tertiary/aromatic N) is 1. The summed E-state index contributed by atoms with van der Waals surface area (Å²) in [5, 5.41) is 0. The predicted octanol–water partition coefficient (Wildman–Crippen LogP) is 2.60. The van der Waals surface area contributed by atoms with Crippen LogP contribution in [0, 0.1) is 27.2 Å². The first-order chi connectivity index (χ1) is 9.16. The molecule has 1 heterocycles. The second kappa shape index (κ2) is 3.91. The maximum absolute atomic E-state index is 12.5. The summed E-state index contributed by atoms with van der Waals surface area (Å²) < 4.78 is 1.10. The summed E-state index contributed by atoms with van der Waals surface area (Å²) in [4.78, 5) is 26.5. The molecule has 0 radical (unpaired) electrons. The SMILES string of the molecule is O=C1[C@@H]2[C@H](C(=O)N1c1ccc(I)cc1)[C@H]1C=C[C@H]2C1. The van der Waals surface area contributed by atoms with E-state index in [9.17, 15) is 9.59 Å². The number of hydrogen-bond donors (Lipinski definition) is 0. The van der Waals surface area contributed by atoms with Crippen molar-refractivity contribution < 1.29 is 9.59 Å². The van der Waals surface area contributed by atoms with Gasteiger partial charge in [0.1, 0.15) is 0 Å². The minimum Gasteiger partial charge on any atom is -0.274 e. The van der Waals surface area contributed by atoms with Crippen LogP contribution in [0.3, 0.4) is 0 Å². The van der Waals surface area contributed by atoms with E-state index in [1.807, 2.05) is 24.3 Å². The topological polar surface area (TPSA) is 37.4 Å². The second-order valence-electron chi connectivity index (χ2n) is 5.49. The molecule has 1 aromatic rings. The van der Waals surface area contributed by atoms with Crippen LogP contribution < -0.4 is 4.90 Å². The number of amides is 2. The average molecular weight is 365 g/mol. The number of imide groups is 1. The maximum atomic E-state index is 12.5. The highest BCUT2D eigenvalue weighted by atomic mass is 127. The van der Waals surface area contributed by atoms with E-state index in [0.717, 1.165) is 9.99 Å². The summed E-state index contributed by atoms with van der Waals surface area (Å²) >= 11 is 2.22. The molecule has 4 heteroatoms. The number of hydrogen-bond acceptors (Lipinski definition) is 2. The lowest BCUT2D eigenvalue weighted by molar-refractivity contribution is -0.123. The smallest absolute Gasteiger partial charge is 0.238 e. The third-order valence-corrected chi connectivity index (χ3v) is 5.27. The second-order valence-corrected chi connectivity index (χ2v) is 6.73. The van der Waals surface area contributed by atoms with Crippen molar-refractivity contribution in [3.8, 4) is 0 Å². The first-order valence-electron chi connectivity index (χ1n) is 6.48. The highest BCUT2D eigenvalue weighted by Gasteiger charge is 2.59. The Bertz CT molecular complexity index is 577. The van der Waals surface area contributed by atoms with E-state index in [-0.39, 0.29) is 35.5 Å². The fraction of sp³-hybridized carbons (Fsp3) is 0.333. The van der Waals surface area contributed by atoms with Crippen LogP contribution in [-0.2, 0) is 9.59 Å². The van der Waals surface area contributed by atoms with Crippen LogP contribution in [0.2, 0.25) is 0 Å². The molecule has 4 rings (SSSR count). The molecular weight excluding hydrogens is 353 g/mol. The van der Waals surface area contributed by atoms with E-state index in [1.54, 1.807) is 0 Å². The van der Waals surface area contributed by atoms with E-state index in [4.69, 9.17) is 0 Å². The molecule has 0 aromatic heterocycles. The maximum Gasteiger partial charge on any atom is 0.238 e. The van der Waals surface area contributed by atoms with Crippen molar-refractivity contribution >= 4 is 40.1 Å². The molecule has 1 aromatic carbocycles. The molecule has 3 nitrogen and oxygen atoms in total. The molecular formula is C15H12INO2. The van der Waals surface area contributed by atoms with Crippen molar-refractivity contribution in [2.24, 2.45) is 23.7 Å². The molecule has 96 valence electrons. The monoisotopic (exact) mass is 365 g/mol. The van der Waals surface area contributed by atoms with Gasteiger partial charge >= 0.3 is 0 Å². The molecule has 4 atom stereocenters. The van der Waals surface area contributed by atoms with Crippen molar-refractivity contribution in [1.29, 1.82) is 0 Å². The van der Waals surface area contributed by atoms with Gasteiger partial charge < -0.3 is 0 Å². The van der Waals surface area contributed by atoms with Gasteiger partial charge in [0.05, 0.1) is 17.5 Å². The molecule has 0 N–H and O–H groups in total. The molecule has 3 aliphatic rings. The zero-order valence-corrected chi connectivity index (χ0v) is 12.3. The van der Waals surface area contributed by atoms with Crippen molar-refractivity contribution in [3.63, 3.8) is 0 Å². The lowest BCUT2D eigenvalue weighted by Crippen LogP contribution is -2.32. The molecule has 19 heavy (non-hydrogen) atoms. The fourth-order valence-electron chi connectivity index (χ4n) is 3.75. The minimum atomic E-state index is -0.109. The van der Waals surface area contributed by atoms with Crippen LogP contribution in [0.25, 0.3) is 0 Å². The third kappa shape index (κ3) is 1.49. The molecule has 2 aliphatic carbocycles. The molecule has 0 unspecified atom stereocenters. The first kappa shape index (κ1) is 11.6. The number of carbonyl (C=O) groups excluding carboxylic acids is 2. The van der Waals surface area contributed by atoms with Crippen LogP contribution in [0.5, 0.6) is 0 Å². The van der Waals surface area contributed by atoms with E-state index >= 15 is 0 Å². The zero-order chi connectivity index (χ0) is 13.1. The van der Waals surface area contributed by atoms with Gasteiger partial charge in [-0.2, -0.15) is 0 Å². The Morgan fingerprint density at radius 2 is 1.47 bits per heavy atom. The standard InChI is InChI=1S/C15H12INO2/c16-10-3-5-11(6-4-10)17-14(18)12-8-1-2-9(7-8)13(12)15(17)19/h1-6,8-9,12-13H,7H2/t8-,9-,12-,13+/m0/s1. The Labute approximate surface area is 124 Å². The lowest BCUT2D eigenvalue weighted by Gasteiger charge is -2.17. The number of carbonyl (C=O) groups is 2. The quantitative estimate of drug-likeness (QED) is 0.436. The highest BCUT2D eigenvalue weighted by molar-refractivity contribution is 14.1. The Hall–Kier alpha value is -1.17. The lowest BCUT2D eigenvalue weighted by atomic mass is 9.85. The van der Waals surface area contributed by atoms with Crippen molar-refractivity contribution in [2.45, 2.75) is 6.42 Å². The molecule has 2 bridgehead atoms. The summed E-state index contributed by atoms with van der Waals surface area (Å²) in [6.45, 7) is 0. The average Bonchev–Trinajstić information content (AvgIpc) is 3.06. The van der Waals surface area contributed by atoms with E-state index in [1.165, 1.54) is 4.90 Å². The van der Waals surface area contributed by atoms with Gasteiger partial charge in [0.15, 0.2) is 0 Å². The Morgan fingerprint density at radius 1 is 0.947 bits per heavy atom. The number of halogens is 1. The van der Waals surface area contributed by atoms with E-state index in [2.05, 4.69) is 34.7 Å². The van der Waals surface area contributed by atoms with Crippen LogP contribution in [0.1, 0.15) is 6.42 Å². The summed E-state index contributed by atoms with van der Waals surface area (Å²) in [7, 11) is 0. The van der Waals surface area contributed by atoms with Gasteiger partial charge in [0.25, 0.3) is 0 Å². The van der Waals surface area contributed by atoms with Gasteiger partial charge in [-0.05, 0) is 65.1 Å². The van der Waals surface area contributed by atoms with Crippen LogP contribution >= 0.6 is 22.6 Å². The Morgan fingerprint density at radius 3 is 2.00 bits per heavy atom. The van der Waals surface area contributed by atoms with Gasteiger partial charge in [-0.25, -0.2) is 0 Å². The first-order valence-corrected chi connectivity index (χ1v) is 7.56. The molecule has 2 fully saturated rings. The highest BCUT2D eigenvalue weighted by Crippen LogP contribution is 2.53. The van der Waals surface area contributed by atoms with Crippen molar-refractivity contribution in [2.75, 3.05) is 4.90 Å². The largest absolute Gasteiger partial charge is 0.274 e. The van der Waals surface area contributed by atoms with Crippen LogP contribution in [-0.4, -0.2) is 11.8 Å². The molecule has 1 saturated carbocycles. The minimum absolute atomic E-state index is 0.00643. The Kier molecular flexibility index (Phi) is 2.40. The summed E-state index contributed by atoms with van der Waals surface area (Å²) in [6.07, 6.45) is 5.22. The molecule has 2 amide bonds. The van der Waals surface area contributed by atoms with Crippen LogP contribution in [0.15, 0.2) is 36.4 Å². The van der Waals surface area contributed by atoms with Gasteiger partial charge in [0, 0.05) is 3.57 Å². The normalized spacial score (nSPS) is 35.3. The van der Waals surface area contributed by atoms with Crippen molar-refractivity contribution in [1.82, 2.24) is 0 Å². The summed E-state index contributed by atoms with van der Waals surface area (Å²) in [5.74, 6) is 0.324. The van der Waals surface area contributed by atoms with Gasteiger partial charge in [-0.15, -0.1) is 0 Å². The number of allylic oxidation sites excluding steroid dienone is 2. The molecule has 1 saturated heterocycles.